The molecule has 0 amide bonds. The summed E-state index contributed by atoms with van der Waals surface area (Å²) in [5, 5.41) is 12.4. The fourth-order valence-corrected chi connectivity index (χ4v) is 3.03. The maximum Gasteiger partial charge on any atom is 0.247 e. The van der Waals surface area contributed by atoms with Crippen molar-refractivity contribution >= 4 is 11.6 Å². The van der Waals surface area contributed by atoms with E-state index in [-0.39, 0.29) is 17.7 Å². The van der Waals surface area contributed by atoms with Gasteiger partial charge in [0.05, 0.1) is 0 Å². The molecule has 4 aromatic rings. The van der Waals surface area contributed by atoms with Gasteiger partial charge in [-0.3, -0.25) is 5.32 Å². The predicted molar refractivity (Wildman–Crippen MR) is 106 cm³/mol. The molecule has 1 aromatic heterocycles. The largest absolute Gasteiger partial charge is 0.419 e. The summed E-state index contributed by atoms with van der Waals surface area (Å²) in [5.74, 6) is 0.321. The summed E-state index contributed by atoms with van der Waals surface area (Å²) in [5.41, 5.74) is 2.61. The zero-order valence-electron chi connectivity index (χ0n) is 14.8. The monoisotopic (exact) mass is 393 g/mol. The minimum atomic E-state index is -0.353. The molecule has 140 valence electrons. The first kappa shape index (κ1) is 18.3. The maximum atomic E-state index is 13.5. The highest BCUT2D eigenvalue weighted by Gasteiger charge is 2.21. The number of nitrogens with one attached hydrogen (secondary N) is 1. The Morgan fingerprint density at radius 1 is 0.929 bits per heavy atom. The molecule has 0 bridgehead atoms. The lowest BCUT2D eigenvalue weighted by Gasteiger charge is -2.16. The Kier molecular flexibility index (Phi) is 5.46. The van der Waals surface area contributed by atoms with Crippen molar-refractivity contribution < 1.29 is 8.81 Å². The van der Waals surface area contributed by atoms with Crippen molar-refractivity contribution in [3.63, 3.8) is 0 Å². The molecule has 1 atom stereocenters. The van der Waals surface area contributed by atoms with E-state index in [4.69, 9.17) is 16.0 Å². The Bertz CT molecular complexity index is 1050. The van der Waals surface area contributed by atoms with Gasteiger partial charge < -0.3 is 4.42 Å². The lowest BCUT2D eigenvalue weighted by Crippen LogP contribution is -2.22. The minimum absolute atomic E-state index is 0.273. The number of hydrogen-bond donors (Lipinski definition) is 1. The maximum absolute atomic E-state index is 13.5. The zero-order chi connectivity index (χ0) is 19.3. The van der Waals surface area contributed by atoms with Gasteiger partial charge in [0.25, 0.3) is 0 Å². The predicted octanol–water partition coefficient (Wildman–Crippen LogP) is 5.41. The van der Waals surface area contributed by atoms with E-state index in [1.165, 1.54) is 12.1 Å². The Labute approximate surface area is 167 Å². The van der Waals surface area contributed by atoms with Gasteiger partial charge in [0.2, 0.25) is 11.8 Å². The smallest absolute Gasteiger partial charge is 0.247 e. The highest BCUT2D eigenvalue weighted by molar-refractivity contribution is 6.30. The minimum Gasteiger partial charge on any atom is -0.419 e. The SMILES string of the molecule is Fc1cccc(-c2nnc([C@H](NCc3ccccc3)c3ccc(Cl)cc3)o2)c1. The molecule has 28 heavy (non-hydrogen) atoms. The van der Waals surface area contributed by atoms with Crippen LogP contribution < -0.4 is 5.32 Å². The summed E-state index contributed by atoms with van der Waals surface area (Å²) in [6, 6.07) is 23.3. The van der Waals surface area contributed by atoms with Crippen LogP contribution in [0.3, 0.4) is 0 Å². The number of benzene rings is 3. The Morgan fingerprint density at radius 2 is 1.71 bits per heavy atom. The highest BCUT2D eigenvalue weighted by atomic mass is 35.5. The van der Waals surface area contributed by atoms with Crippen molar-refractivity contribution in [3.05, 3.63) is 107 Å². The normalized spacial score (nSPS) is 12.1. The second-order valence-corrected chi connectivity index (χ2v) is 6.74. The van der Waals surface area contributed by atoms with E-state index >= 15 is 0 Å². The van der Waals surface area contributed by atoms with Crippen LogP contribution in [0, 0.1) is 5.82 Å². The molecule has 0 aliphatic heterocycles. The fraction of sp³-hybridized carbons (Fsp3) is 0.0909. The van der Waals surface area contributed by atoms with Gasteiger partial charge in [0, 0.05) is 17.1 Å². The number of hydrogen-bond acceptors (Lipinski definition) is 4. The third-order valence-electron chi connectivity index (χ3n) is 4.32. The van der Waals surface area contributed by atoms with Crippen molar-refractivity contribution in [1.29, 1.82) is 0 Å². The second-order valence-electron chi connectivity index (χ2n) is 6.31. The van der Waals surface area contributed by atoms with Crippen molar-refractivity contribution in [2.24, 2.45) is 0 Å². The molecule has 3 aromatic carbocycles. The standard InChI is InChI=1S/C22H17ClFN3O/c23-18-11-9-16(10-12-18)20(25-14-15-5-2-1-3-6-15)22-27-26-21(28-22)17-7-4-8-19(24)13-17/h1-13,20,25H,14H2/t20-/m1/s1. The van der Waals surface area contributed by atoms with Crippen molar-refractivity contribution in [1.82, 2.24) is 15.5 Å². The van der Waals surface area contributed by atoms with Gasteiger partial charge >= 0.3 is 0 Å². The molecule has 0 radical (unpaired) electrons. The first-order valence-electron chi connectivity index (χ1n) is 8.81. The Balaban J connectivity index is 1.64. The lowest BCUT2D eigenvalue weighted by atomic mass is 10.1. The van der Waals surface area contributed by atoms with Crippen LogP contribution in [0.1, 0.15) is 23.1 Å². The molecule has 0 spiro atoms. The summed E-state index contributed by atoms with van der Waals surface area (Å²) in [4.78, 5) is 0. The first-order valence-corrected chi connectivity index (χ1v) is 9.19. The second kappa shape index (κ2) is 8.33. The number of rotatable bonds is 6. The molecular weight excluding hydrogens is 377 g/mol. The summed E-state index contributed by atoms with van der Waals surface area (Å²) in [6.45, 7) is 0.617. The van der Waals surface area contributed by atoms with Gasteiger partial charge in [0.15, 0.2) is 0 Å². The molecule has 0 aliphatic rings. The number of aromatic nitrogens is 2. The van der Waals surface area contributed by atoms with Gasteiger partial charge in [-0.2, -0.15) is 0 Å². The van der Waals surface area contributed by atoms with E-state index in [2.05, 4.69) is 15.5 Å². The van der Waals surface area contributed by atoms with Crippen LogP contribution in [0.2, 0.25) is 5.02 Å². The Morgan fingerprint density at radius 3 is 2.46 bits per heavy atom. The third-order valence-corrected chi connectivity index (χ3v) is 4.57. The van der Waals surface area contributed by atoms with Gasteiger partial charge in [-0.1, -0.05) is 60.1 Å². The zero-order valence-corrected chi connectivity index (χ0v) is 15.6. The van der Waals surface area contributed by atoms with Crippen LogP contribution in [0.25, 0.3) is 11.5 Å². The molecule has 6 heteroatoms. The quantitative estimate of drug-likeness (QED) is 0.476. The van der Waals surface area contributed by atoms with Gasteiger partial charge in [-0.25, -0.2) is 4.39 Å². The van der Waals surface area contributed by atoms with Crippen LogP contribution in [-0.4, -0.2) is 10.2 Å². The van der Waals surface area contributed by atoms with E-state index in [9.17, 15) is 4.39 Å². The first-order chi connectivity index (χ1) is 13.7. The molecule has 0 saturated carbocycles. The van der Waals surface area contributed by atoms with Crippen LogP contribution in [0.5, 0.6) is 0 Å². The van der Waals surface area contributed by atoms with Crippen molar-refractivity contribution in [3.8, 4) is 11.5 Å². The average molecular weight is 394 g/mol. The van der Waals surface area contributed by atoms with E-state index in [1.54, 1.807) is 12.1 Å². The molecule has 0 unspecified atom stereocenters. The Hall–Kier alpha value is -3.02. The molecule has 0 aliphatic carbocycles. The summed E-state index contributed by atoms with van der Waals surface area (Å²) in [7, 11) is 0. The van der Waals surface area contributed by atoms with Crippen molar-refractivity contribution in [2.75, 3.05) is 0 Å². The fourth-order valence-electron chi connectivity index (χ4n) is 2.91. The highest BCUT2D eigenvalue weighted by Crippen LogP contribution is 2.26. The van der Waals surface area contributed by atoms with Gasteiger partial charge in [-0.05, 0) is 41.5 Å². The van der Waals surface area contributed by atoms with Crippen LogP contribution >= 0.6 is 11.6 Å². The molecule has 1 N–H and O–H groups in total. The lowest BCUT2D eigenvalue weighted by molar-refractivity contribution is 0.438. The van der Waals surface area contributed by atoms with Crippen molar-refractivity contribution in [2.45, 2.75) is 12.6 Å². The van der Waals surface area contributed by atoms with Crippen LogP contribution in [0.4, 0.5) is 4.39 Å². The number of halogens is 2. The van der Waals surface area contributed by atoms with E-state index < -0.39 is 0 Å². The van der Waals surface area contributed by atoms with Crippen LogP contribution in [0.15, 0.2) is 83.3 Å². The van der Waals surface area contributed by atoms with E-state index in [0.29, 0.717) is 23.0 Å². The molecule has 0 fully saturated rings. The average Bonchev–Trinajstić information content (AvgIpc) is 3.20. The topological polar surface area (TPSA) is 51.0 Å². The molecule has 1 heterocycles. The van der Waals surface area contributed by atoms with Gasteiger partial charge in [0.1, 0.15) is 11.9 Å². The summed E-state index contributed by atoms with van der Waals surface area (Å²) < 4.78 is 19.4. The molecular formula is C22H17ClFN3O. The summed E-state index contributed by atoms with van der Waals surface area (Å²) >= 11 is 6.03. The van der Waals surface area contributed by atoms with Crippen LogP contribution in [-0.2, 0) is 6.54 Å². The van der Waals surface area contributed by atoms with E-state index in [0.717, 1.165) is 11.1 Å². The molecule has 4 rings (SSSR count). The van der Waals surface area contributed by atoms with Gasteiger partial charge in [-0.15, -0.1) is 10.2 Å². The molecule has 4 nitrogen and oxygen atoms in total. The molecule has 0 saturated heterocycles. The van der Waals surface area contributed by atoms with E-state index in [1.807, 2.05) is 54.6 Å². The number of nitrogens with zero attached hydrogens (tertiary/aromatic N) is 2. The summed E-state index contributed by atoms with van der Waals surface area (Å²) in [6.07, 6.45) is 0. The third kappa shape index (κ3) is 4.27.